The normalized spacial score (nSPS) is 26.9. The second-order valence-corrected chi connectivity index (χ2v) is 7.43. The van der Waals surface area contributed by atoms with Crippen LogP contribution in [0.15, 0.2) is 30.3 Å². The monoisotopic (exact) mass is 345 g/mol. The molecule has 3 rings (SSSR count). The molecular weight excluding hydrogens is 318 g/mol. The molecule has 0 spiro atoms. The minimum absolute atomic E-state index is 0.000166. The quantitative estimate of drug-likeness (QED) is 0.829. The highest BCUT2D eigenvalue weighted by Crippen LogP contribution is 2.40. The highest BCUT2D eigenvalue weighted by atomic mass is 16.4. The molecule has 0 radical (unpaired) electrons. The minimum Gasteiger partial charge on any atom is -0.481 e. The zero-order chi connectivity index (χ0) is 17.8. The van der Waals surface area contributed by atoms with Gasteiger partial charge in [0.15, 0.2) is 0 Å². The Bertz CT molecular complexity index is 603. The van der Waals surface area contributed by atoms with E-state index in [-0.39, 0.29) is 25.0 Å². The Labute approximate surface area is 148 Å². The van der Waals surface area contributed by atoms with Crippen LogP contribution in [0, 0.1) is 17.8 Å². The predicted molar refractivity (Wildman–Crippen MR) is 93.9 cm³/mol. The van der Waals surface area contributed by atoms with Gasteiger partial charge in [-0.2, -0.15) is 0 Å². The Hall–Kier alpha value is -1.88. The molecule has 2 N–H and O–H groups in total. The fourth-order valence-electron chi connectivity index (χ4n) is 4.58. The number of aliphatic hydroxyl groups is 1. The molecule has 0 bridgehead atoms. The lowest BCUT2D eigenvalue weighted by molar-refractivity contribution is -0.146. The molecule has 1 aliphatic carbocycles. The van der Waals surface area contributed by atoms with E-state index < -0.39 is 11.9 Å². The van der Waals surface area contributed by atoms with Crippen LogP contribution in [0.2, 0.25) is 0 Å². The number of fused-ring (bicyclic) bond motifs is 1. The topological polar surface area (TPSA) is 77.8 Å². The van der Waals surface area contributed by atoms with Crippen molar-refractivity contribution in [1.29, 1.82) is 0 Å². The number of carboxylic acids is 1. The first-order chi connectivity index (χ1) is 12.1. The third kappa shape index (κ3) is 4.03. The lowest BCUT2D eigenvalue weighted by Gasteiger charge is -2.29. The number of aliphatic hydroxyl groups excluding tert-OH is 1. The maximum absolute atomic E-state index is 12.8. The number of likely N-dealkylation sites (tertiary alicyclic amines) is 1. The van der Waals surface area contributed by atoms with E-state index in [0.29, 0.717) is 24.8 Å². The van der Waals surface area contributed by atoms with Crippen molar-refractivity contribution in [3.63, 3.8) is 0 Å². The van der Waals surface area contributed by atoms with Crippen LogP contribution in [0.25, 0.3) is 0 Å². The van der Waals surface area contributed by atoms with E-state index in [1.807, 2.05) is 30.3 Å². The van der Waals surface area contributed by atoms with E-state index in [1.165, 1.54) is 6.42 Å². The van der Waals surface area contributed by atoms with Gasteiger partial charge in [-0.1, -0.05) is 43.2 Å². The molecule has 1 aromatic carbocycles. The van der Waals surface area contributed by atoms with E-state index in [4.69, 9.17) is 0 Å². The molecule has 0 aromatic heterocycles. The lowest BCUT2D eigenvalue weighted by atomic mass is 9.79. The molecule has 5 nitrogen and oxygen atoms in total. The minimum atomic E-state index is -0.936. The number of nitrogens with zero attached hydrogens (tertiary/aromatic N) is 1. The van der Waals surface area contributed by atoms with Crippen LogP contribution in [0.3, 0.4) is 0 Å². The van der Waals surface area contributed by atoms with Crippen molar-refractivity contribution in [2.24, 2.45) is 17.8 Å². The number of hydrogen-bond acceptors (Lipinski definition) is 3. The van der Waals surface area contributed by atoms with Crippen LogP contribution >= 0.6 is 0 Å². The molecule has 1 saturated carbocycles. The molecule has 1 aromatic rings. The molecule has 1 aliphatic heterocycles. The smallest absolute Gasteiger partial charge is 0.307 e. The highest BCUT2D eigenvalue weighted by molar-refractivity contribution is 5.83. The standard InChI is InChI=1S/C20H27NO4/c22-13-18-17-9-5-4-8-15(17)12-21(18)19(23)11-16(20(24)25)10-14-6-2-1-3-7-14/h1-3,6-7,15-18,22H,4-5,8-13H2,(H,24,25)/t15-,16+,17-,18?/m1/s1. The number of benzene rings is 1. The molecule has 1 amide bonds. The summed E-state index contributed by atoms with van der Waals surface area (Å²) in [5.74, 6) is -0.949. The summed E-state index contributed by atoms with van der Waals surface area (Å²) in [4.78, 5) is 26.2. The van der Waals surface area contributed by atoms with Crippen molar-refractivity contribution < 1.29 is 19.8 Å². The molecule has 1 unspecified atom stereocenters. The Morgan fingerprint density at radius 3 is 2.56 bits per heavy atom. The van der Waals surface area contributed by atoms with Gasteiger partial charge in [0.05, 0.1) is 18.6 Å². The number of aliphatic carboxylic acids is 1. The van der Waals surface area contributed by atoms with Crippen molar-refractivity contribution in [1.82, 2.24) is 4.90 Å². The van der Waals surface area contributed by atoms with Gasteiger partial charge in [-0.05, 0) is 36.7 Å². The van der Waals surface area contributed by atoms with Crippen molar-refractivity contribution >= 4 is 11.9 Å². The Morgan fingerprint density at radius 2 is 1.88 bits per heavy atom. The Kier molecular flexibility index (Phi) is 5.74. The third-order valence-electron chi connectivity index (χ3n) is 5.90. The van der Waals surface area contributed by atoms with Gasteiger partial charge in [-0.25, -0.2) is 0 Å². The first kappa shape index (κ1) is 17.9. The number of carboxylic acid groups (broad SMARTS) is 1. The maximum atomic E-state index is 12.8. The molecule has 1 heterocycles. The molecule has 4 atom stereocenters. The SMILES string of the molecule is O=C(O)[C@H](CC(=O)N1C[C@H]2CCCC[C@H]2C1CO)Cc1ccccc1. The summed E-state index contributed by atoms with van der Waals surface area (Å²) in [7, 11) is 0. The molecule has 1 saturated heterocycles. The van der Waals surface area contributed by atoms with Gasteiger partial charge >= 0.3 is 5.97 Å². The van der Waals surface area contributed by atoms with Crippen LogP contribution in [-0.2, 0) is 16.0 Å². The molecule has 2 fully saturated rings. The van der Waals surface area contributed by atoms with Gasteiger partial charge in [0.2, 0.25) is 5.91 Å². The van der Waals surface area contributed by atoms with Gasteiger partial charge in [-0.15, -0.1) is 0 Å². The van der Waals surface area contributed by atoms with E-state index >= 15 is 0 Å². The summed E-state index contributed by atoms with van der Waals surface area (Å²) in [6, 6.07) is 9.29. The molecule has 5 heteroatoms. The number of carbonyl (C=O) groups is 2. The highest BCUT2D eigenvalue weighted by Gasteiger charge is 2.44. The summed E-state index contributed by atoms with van der Waals surface area (Å²) in [6.45, 7) is 0.649. The fraction of sp³-hybridized carbons (Fsp3) is 0.600. The van der Waals surface area contributed by atoms with Crippen LogP contribution < -0.4 is 0 Å². The van der Waals surface area contributed by atoms with Crippen LogP contribution in [-0.4, -0.2) is 46.2 Å². The van der Waals surface area contributed by atoms with E-state index in [0.717, 1.165) is 24.8 Å². The maximum Gasteiger partial charge on any atom is 0.307 e. The third-order valence-corrected chi connectivity index (χ3v) is 5.90. The van der Waals surface area contributed by atoms with Crippen LogP contribution in [0.1, 0.15) is 37.7 Å². The summed E-state index contributed by atoms with van der Waals surface area (Å²) in [5, 5.41) is 19.3. The van der Waals surface area contributed by atoms with E-state index in [1.54, 1.807) is 4.90 Å². The van der Waals surface area contributed by atoms with Crippen molar-refractivity contribution in [2.45, 2.75) is 44.6 Å². The van der Waals surface area contributed by atoms with Crippen LogP contribution in [0.5, 0.6) is 0 Å². The summed E-state index contributed by atoms with van der Waals surface area (Å²) in [6.07, 6.45) is 4.87. The number of rotatable bonds is 6. The van der Waals surface area contributed by atoms with Gasteiger partial charge in [0.1, 0.15) is 0 Å². The first-order valence-electron chi connectivity index (χ1n) is 9.27. The van der Waals surface area contributed by atoms with E-state index in [9.17, 15) is 19.8 Å². The average molecular weight is 345 g/mol. The van der Waals surface area contributed by atoms with E-state index in [2.05, 4.69) is 0 Å². The Morgan fingerprint density at radius 1 is 1.16 bits per heavy atom. The van der Waals surface area contributed by atoms with Crippen LogP contribution in [0.4, 0.5) is 0 Å². The van der Waals surface area contributed by atoms with Gasteiger partial charge in [-0.3, -0.25) is 9.59 Å². The largest absolute Gasteiger partial charge is 0.481 e. The summed E-state index contributed by atoms with van der Waals surface area (Å²) >= 11 is 0. The van der Waals surface area contributed by atoms with Gasteiger partial charge in [0, 0.05) is 13.0 Å². The van der Waals surface area contributed by atoms with Crippen molar-refractivity contribution in [3.05, 3.63) is 35.9 Å². The second kappa shape index (κ2) is 8.00. The summed E-state index contributed by atoms with van der Waals surface area (Å²) in [5.41, 5.74) is 0.927. The second-order valence-electron chi connectivity index (χ2n) is 7.43. The van der Waals surface area contributed by atoms with Crippen molar-refractivity contribution in [3.8, 4) is 0 Å². The zero-order valence-electron chi connectivity index (χ0n) is 14.5. The average Bonchev–Trinajstić information content (AvgIpc) is 3.00. The number of carbonyl (C=O) groups excluding carboxylic acids is 1. The first-order valence-corrected chi connectivity index (χ1v) is 9.27. The molecular formula is C20H27NO4. The fourth-order valence-corrected chi connectivity index (χ4v) is 4.58. The lowest BCUT2D eigenvalue weighted by Crippen LogP contribution is -2.41. The number of hydrogen-bond donors (Lipinski definition) is 2. The molecule has 25 heavy (non-hydrogen) atoms. The molecule has 2 aliphatic rings. The van der Waals surface area contributed by atoms with Gasteiger partial charge < -0.3 is 15.1 Å². The zero-order valence-corrected chi connectivity index (χ0v) is 14.5. The summed E-state index contributed by atoms with van der Waals surface area (Å²) < 4.78 is 0. The van der Waals surface area contributed by atoms with Crippen molar-refractivity contribution in [2.75, 3.05) is 13.2 Å². The molecule has 136 valence electrons. The predicted octanol–water partition coefficient (Wildman–Crippen LogP) is 2.33. The van der Waals surface area contributed by atoms with Gasteiger partial charge in [0.25, 0.3) is 0 Å². The number of amides is 1. The Balaban J connectivity index is 1.67.